The highest BCUT2D eigenvalue weighted by Crippen LogP contribution is 2.31. The second-order valence-corrected chi connectivity index (χ2v) is 2.75. The molecule has 62 valence electrons. The highest BCUT2D eigenvalue weighted by molar-refractivity contribution is 6.14. The van der Waals surface area contributed by atoms with Crippen molar-refractivity contribution in [3.05, 3.63) is 36.1 Å². The highest BCUT2D eigenvalue weighted by atomic mass is 16.5. The molecule has 1 saturated heterocycles. The van der Waals surface area contributed by atoms with Crippen molar-refractivity contribution in [2.75, 3.05) is 6.61 Å². The number of rotatable bonds is 1. The van der Waals surface area contributed by atoms with E-state index in [1.54, 1.807) is 6.08 Å². The first-order valence-electron chi connectivity index (χ1n) is 4.17. The lowest BCUT2D eigenvalue weighted by atomic mass is 9.76. The molecule has 2 radical (unpaired) electrons. The zero-order valence-electron chi connectivity index (χ0n) is 7.42. The smallest absolute Gasteiger partial charge is 0.117 e. The molecule has 1 atom stereocenters. The van der Waals surface area contributed by atoms with Crippen molar-refractivity contribution in [3.63, 3.8) is 0 Å². The Morgan fingerprint density at radius 2 is 2.42 bits per heavy atom. The Morgan fingerprint density at radius 1 is 1.67 bits per heavy atom. The van der Waals surface area contributed by atoms with Gasteiger partial charge in [-0.2, -0.15) is 0 Å². The number of hydrogen-bond acceptors (Lipinski definition) is 1. The van der Waals surface area contributed by atoms with Gasteiger partial charge in [-0.25, -0.2) is 0 Å². The SMILES string of the molecule is [B]C1CCOC(=C/C)/C1=C\C=C. The molecule has 2 heteroatoms. The second-order valence-electron chi connectivity index (χ2n) is 2.75. The Balaban J connectivity index is 2.87. The van der Waals surface area contributed by atoms with E-state index in [9.17, 15) is 0 Å². The van der Waals surface area contributed by atoms with Crippen LogP contribution in [-0.4, -0.2) is 14.5 Å². The quantitative estimate of drug-likeness (QED) is 0.535. The third kappa shape index (κ3) is 1.82. The summed E-state index contributed by atoms with van der Waals surface area (Å²) in [5.74, 6) is 0.997. The van der Waals surface area contributed by atoms with Gasteiger partial charge in [-0.1, -0.05) is 18.7 Å². The third-order valence-corrected chi connectivity index (χ3v) is 1.93. The molecule has 1 unspecified atom stereocenters. The lowest BCUT2D eigenvalue weighted by Crippen LogP contribution is -2.13. The van der Waals surface area contributed by atoms with Gasteiger partial charge in [0.2, 0.25) is 0 Å². The molecule has 0 spiro atoms. The van der Waals surface area contributed by atoms with Gasteiger partial charge in [0.05, 0.1) is 14.5 Å². The van der Waals surface area contributed by atoms with Gasteiger partial charge in [0.1, 0.15) is 5.76 Å². The Morgan fingerprint density at radius 3 is 3.00 bits per heavy atom. The predicted octanol–water partition coefficient (Wildman–Crippen LogP) is 2.38. The van der Waals surface area contributed by atoms with Gasteiger partial charge >= 0.3 is 0 Å². The Kier molecular flexibility index (Phi) is 3.21. The molecule has 1 aliphatic heterocycles. The Bertz CT molecular complexity index is 228. The summed E-state index contributed by atoms with van der Waals surface area (Å²) in [4.78, 5) is 0. The Hall–Kier alpha value is -0.915. The van der Waals surface area contributed by atoms with Gasteiger partial charge in [0, 0.05) is 0 Å². The third-order valence-electron chi connectivity index (χ3n) is 1.93. The van der Waals surface area contributed by atoms with Crippen LogP contribution in [-0.2, 0) is 4.74 Å². The molecule has 0 aromatic heterocycles. The van der Waals surface area contributed by atoms with Crippen LogP contribution in [0.4, 0.5) is 0 Å². The molecule has 0 N–H and O–H groups in total. The standard InChI is InChI=1S/C10H13BO/c1-3-5-8-9(11)6-7-12-10(8)4-2/h3-5,9H,1,6-7H2,2H3/b8-5-,10-4+. The molecule has 0 aliphatic carbocycles. The van der Waals surface area contributed by atoms with Crippen LogP contribution in [0.2, 0.25) is 5.82 Å². The summed E-state index contributed by atoms with van der Waals surface area (Å²) in [6.07, 6.45) is 6.48. The minimum absolute atomic E-state index is 0.1000. The van der Waals surface area contributed by atoms with Crippen LogP contribution in [0.1, 0.15) is 13.3 Å². The second kappa shape index (κ2) is 4.20. The lowest BCUT2D eigenvalue weighted by Gasteiger charge is -2.25. The van der Waals surface area contributed by atoms with Gasteiger partial charge < -0.3 is 4.74 Å². The average molecular weight is 160 g/mol. The van der Waals surface area contributed by atoms with Crippen molar-refractivity contribution in [2.45, 2.75) is 19.2 Å². The summed E-state index contributed by atoms with van der Waals surface area (Å²) in [7, 11) is 5.89. The summed E-state index contributed by atoms with van der Waals surface area (Å²) in [6.45, 7) is 6.31. The fraction of sp³-hybridized carbons (Fsp3) is 0.400. The van der Waals surface area contributed by atoms with Crippen LogP contribution >= 0.6 is 0 Å². The maximum atomic E-state index is 5.89. The first-order valence-corrected chi connectivity index (χ1v) is 4.17. The van der Waals surface area contributed by atoms with E-state index in [0.717, 1.165) is 24.4 Å². The maximum absolute atomic E-state index is 5.89. The van der Waals surface area contributed by atoms with Gasteiger partial charge in [-0.3, -0.25) is 0 Å². The molecule has 0 bridgehead atoms. The van der Waals surface area contributed by atoms with E-state index in [-0.39, 0.29) is 5.82 Å². The fourth-order valence-electron chi connectivity index (χ4n) is 1.30. The van der Waals surface area contributed by atoms with E-state index in [1.807, 2.05) is 19.1 Å². The summed E-state index contributed by atoms with van der Waals surface area (Å²) in [5, 5.41) is 0. The van der Waals surface area contributed by atoms with Crippen LogP contribution in [0.3, 0.4) is 0 Å². The molecule has 0 saturated carbocycles. The van der Waals surface area contributed by atoms with Crippen molar-refractivity contribution in [1.82, 2.24) is 0 Å². The molecule has 12 heavy (non-hydrogen) atoms. The molecule has 1 aliphatic rings. The number of hydrogen-bond donors (Lipinski definition) is 0. The van der Waals surface area contributed by atoms with Crippen molar-refractivity contribution >= 4 is 7.85 Å². The first kappa shape index (κ1) is 9.18. The van der Waals surface area contributed by atoms with Crippen molar-refractivity contribution < 1.29 is 4.74 Å². The number of allylic oxidation sites excluding steroid dienone is 4. The van der Waals surface area contributed by atoms with E-state index in [4.69, 9.17) is 12.6 Å². The van der Waals surface area contributed by atoms with Gasteiger partial charge in [-0.05, 0) is 30.8 Å². The molecule has 1 nitrogen and oxygen atoms in total. The van der Waals surface area contributed by atoms with Crippen LogP contribution in [0.5, 0.6) is 0 Å². The minimum atomic E-state index is 0.1000. The summed E-state index contributed by atoms with van der Waals surface area (Å²) in [5.41, 5.74) is 1.05. The normalized spacial score (nSPS) is 30.2. The van der Waals surface area contributed by atoms with Crippen molar-refractivity contribution in [3.8, 4) is 0 Å². The first-order chi connectivity index (χ1) is 5.79. The predicted molar refractivity (Wildman–Crippen MR) is 52.1 cm³/mol. The van der Waals surface area contributed by atoms with E-state index in [0.29, 0.717) is 0 Å². The highest BCUT2D eigenvalue weighted by Gasteiger charge is 2.18. The molecule has 1 heterocycles. The van der Waals surface area contributed by atoms with Gasteiger partial charge in [0.15, 0.2) is 0 Å². The topological polar surface area (TPSA) is 9.23 Å². The summed E-state index contributed by atoms with van der Waals surface area (Å²) in [6, 6.07) is 0. The van der Waals surface area contributed by atoms with Crippen LogP contribution in [0, 0.1) is 0 Å². The minimum Gasteiger partial charge on any atom is -0.494 e. The van der Waals surface area contributed by atoms with E-state index >= 15 is 0 Å². The van der Waals surface area contributed by atoms with Gasteiger partial charge in [0.25, 0.3) is 0 Å². The van der Waals surface area contributed by atoms with Crippen LogP contribution in [0.25, 0.3) is 0 Å². The van der Waals surface area contributed by atoms with Crippen molar-refractivity contribution in [2.24, 2.45) is 0 Å². The van der Waals surface area contributed by atoms with Gasteiger partial charge in [-0.15, -0.1) is 0 Å². The van der Waals surface area contributed by atoms with E-state index < -0.39 is 0 Å². The largest absolute Gasteiger partial charge is 0.494 e. The van der Waals surface area contributed by atoms with Crippen molar-refractivity contribution in [1.29, 1.82) is 0 Å². The average Bonchev–Trinajstić information content (AvgIpc) is 2.09. The number of ether oxygens (including phenoxy) is 1. The molecule has 1 rings (SSSR count). The molecule has 1 fully saturated rings. The lowest BCUT2D eigenvalue weighted by molar-refractivity contribution is 0.194. The van der Waals surface area contributed by atoms with E-state index in [2.05, 4.69) is 6.58 Å². The van der Waals surface area contributed by atoms with E-state index in [1.165, 1.54) is 0 Å². The molecule has 0 amide bonds. The Labute approximate surface area is 75.2 Å². The molecular formula is C10H13BO. The van der Waals surface area contributed by atoms with Crippen LogP contribution in [0.15, 0.2) is 36.1 Å². The molecule has 0 aromatic carbocycles. The zero-order valence-corrected chi connectivity index (χ0v) is 7.42. The zero-order chi connectivity index (χ0) is 8.97. The van der Waals surface area contributed by atoms with Crippen LogP contribution < -0.4 is 0 Å². The maximum Gasteiger partial charge on any atom is 0.117 e. The summed E-state index contributed by atoms with van der Waals surface area (Å²) >= 11 is 0. The molecule has 0 aromatic rings. The monoisotopic (exact) mass is 160 g/mol. The summed E-state index contributed by atoms with van der Waals surface area (Å²) < 4.78 is 5.43. The molecular weight excluding hydrogens is 147 g/mol. The fourth-order valence-corrected chi connectivity index (χ4v) is 1.30.